The predicted octanol–water partition coefficient (Wildman–Crippen LogP) is 5.38. The number of benzene rings is 3. The highest BCUT2D eigenvalue weighted by molar-refractivity contribution is 7.07. The number of rotatable bonds is 8. The SMILES string of the molecule is CCOc1ccc([C@H]2C(C(=O)OC)=CN=c3s/c(=C\c4cc(C)n(-c5ccc6ccccc6c5)c4C)c(=O)n32)cc1OCC. The van der Waals surface area contributed by atoms with Gasteiger partial charge < -0.3 is 18.8 Å². The van der Waals surface area contributed by atoms with Crippen LogP contribution in [0, 0.1) is 13.8 Å². The molecular weight excluding hydrogens is 574 g/mol. The molecule has 9 heteroatoms. The van der Waals surface area contributed by atoms with Gasteiger partial charge >= 0.3 is 5.97 Å². The van der Waals surface area contributed by atoms with Crippen LogP contribution in [0.5, 0.6) is 11.5 Å². The maximum atomic E-state index is 14.1. The second kappa shape index (κ2) is 12.0. The van der Waals surface area contributed by atoms with Gasteiger partial charge in [0.25, 0.3) is 5.56 Å². The molecule has 0 aliphatic carbocycles. The predicted molar refractivity (Wildman–Crippen MR) is 173 cm³/mol. The minimum absolute atomic E-state index is 0.240. The monoisotopic (exact) mass is 607 g/mol. The minimum Gasteiger partial charge on any atom is -0.490 e. The standard InChI is InChI=1S/C35H33N3O5S/c1-6-42-29-15-13-25(18-30(29)43-7-2)32-28(34(40)41-5)20-36-35-38(32)33(39)31(44-35)19-26-16-21(3)37(22(26)4)27-14-12-23-10-8-9-11-24(23)17-27/h8-20,32H,6-7H2,1-5H3/b31-19-/t32-/m0/s1. The van der Waals surface area contributed by atoms with E-state index in [1.165, 1.54) is 30.0 Å². The van der Waals surface area contributed by atoms with Crippen LogP contribution in [0.1, 0.15) is 42.4 Å². The molecule has 0 fully saturated rings. The Bertz CT molecular complexity index is 2120. The third kappa shape index (κ3) is 5.13. The van der Waals surface area contributed by atoms with Gasteiger partial charge in [0, 0.05) is 23.3 Å². The summed E-state index contributed by atoms with van der Waals surface area (Å²) in [5, 5.41) is 2.34. The molecular formula is C35H33N3O5S. The van der Waals surface area contributed by atoms with Crippen molar-refractivity contribution in [1.82, 2.24) is 9.13 Å². The minimum atomic E-state index is -0.749. The maximum absolute atomic E-state index is 14.1. The Labute approximate surface area is 258 Å². The summed E-state index contributed by atoms with van der Waals surface area (Å²) >= 11 is 1.29. The van der Waals surface area contributed by atoms with Gasteiger partial charge in [0.2, 0.25) is 0 Å². The van der Waals surface area contributed by atoms with Crippen molar-refractivity contribution in [3.8, 4) is 17.2 Å². The fourth-order valence-corrected chi connectivity index (χ4v) is 6.74. The summed E-state index contributed by atoms with van der Waals surface area (Å²) in [5.41, 5.74) is 4.77. The molecule has 44 heavy (non-hydrogen) atoms. The molecule has 1 aliphatic rings. The molecule has 224 valence electrons. The Hall–Kier alpha value is -4.89. The Morgan fingerprint density at radius 2 is 1.70 bits per heavy atom. The van der Waals surface area contributed by atoms with Gasteiger partial charge in [0.15, 0.2) is 16.3 Å². The molecule has 0 saturated carbocycles. The van der Waals surface area contributed by atoms with Crippen LogP contribution in [-0.2, 0) is 9.53 Å². The zero-order valence-electron chi connectivity index (χ0n) is 25.3. The zero-order chi connectivity index (χ0) is 31.0. The molecule has 0 spiro atoms. The van der Waals surface area contributed by atoms with Gasteiger partial charge in [-0.1, -0.05) is 47.7 Å². The summed E-state index contributed by atoms with van der Waals surface area (Å²) < 4.78 is 21.0. The number of esters is 1. The molecule has 8 nitrogen and oxygen atoms in total. The zero-order valence-corrected chi connectivity index (χ0v) is 26.1. The molecule has 1 aliphatic heterocycles. The van der Waals surface area contributed by atoms with Crippen LogP contribution in [0.2, 0.25) is 0 Å². The molecule has 5 aromatic rings. The van der Waals surface area contributed by atoms with E-state index in [1.54, 1.807) is 10.6 Å². The molecule has 1 atom stereocenters. The number of carbonyl (C=O) groups is 1. The van der Waals surface area contributed by atoms with Crippen LogP contribution in [-0.4, -0.2) is 35.4 Å². The number of ether oxygens (including phenoxy) is 3. The number of methoxy groups -OCH3 is 1. The topological polar surface area (TPSA) is 84.0 Å². The molecule has 2 aromatic heterocycles. The van der Waals surface area contributed by atoms with E-state index in [-0.39, 0.29) is 11.1 Å². The lowest BCUT2D eigenvalue weighted by molar-refractivity contribution is -0.136. The normalized spacial score (nSPS) is 14.6. The van der Waals surface area contributed by atoms with Crippen LogP contribution in [0.15, 0.2) is 88.3 Å². The van der Waals surface area contributed by atoms with Gasteiger partial charge in [-0.3, -0.25) is 9.36 Å². The summed E-state index contributed by atoms with van der Waals surface area (Å²) in [6.07, 6.45) is 3.40. The van der Waals surface area contributed by atoms with Crippen molar-refractivity contribution in [2.24, 2.45) is 4.99 Å². The first kappa shape index (κ1) is 29.2. The fourth-order valence-electron chi connectivity index (χ4n) is 5.78. The molecule has 0 bridgehead atoms. The largest absolute Gasteiger partial charge is 0.490 e. The van der Waals surface area contributed by atoms with Crippen LogP contribution in [0.4, 0.5) is 0 Å². The summed E-state index contributed by atoms with van der Waals surface area (Å²) in [6.45, 7) is 8.82. The molecule has 0 unspecified atom stereocenters. The first-order valence-corrected chi connectivity index (χ1v) is 15.3. The maximum Gasteiger partial charge on any atom is 0.337 e. The molecule has 3 heterocycles. The van der Waals surface area contributed by atoms with Crippen LogP contribution < -0.4 is 24.4 Å². The second-order valence-corrected chi connectivity index (χ2v) is 11.5. The van der Waals surface area contributed by atoms with Crippen molar-refractivity contribution in [3.63, 3.8) is 0 Å². The molecule has 0 radical (unpaired) electrons. The van der Waals surface area contributed by atoms with Gasteiger partial charge in [-0.15, -0.1) is 0 Å². The van der Waals surface area contributed by atoms with Gasteiger partial charge in [-0.2, -0.15) is 0 Å². The summed E-state index contributed by atoms with van der Waals surface area (Å²) in [4.78, 5) is 32.0. The van der Waals surface area contributed by atoms with Gasteiger partial charge in [-0.05, 0) is 86.0 Å². The van der Waals surface area contributed by atoms with Crippen molar-refractivity contribution in [2.45, 2.75) is 33.7 Å². The van der Waals surface area contributed by atoms with Gasteiger partial charge in [0.1, 0.15) is 0 Å². The lowest BCUT2D eigenvalue weighted by Gasteiger charge is -2.23. The average Bonchev–Trinajstić information content (AvgIpc) is 3.50. The van der Waals surface area contributed by atoms with Crippen molar-refractivity contribution < 1.29 is 19.0 Å². The molecule has 6 rings (SSSR count). The van der Waals surface area contributed by atoms with E-state index < -0.39 is 12.0 Å². The Balaban J connectivity index is 1.47. The Kier molecular flexibility index (Phi) is 7.97. The third-order valence-corrected chi connectivity index (χ3v) is 8.75. The molecule has 0 saturated heterocycles. The summed E-state index contributed by atoms with van der Waals surface area (Å²) in [5.74, 6) is 0.575. The van der Waals surface area contributed by atoms with Crippen LogP contribution in [0.3, 0.4) is 0 Å². The van der Waals surface area contributed by atoms with Crippen molar-refractivity contribution >= 4 is 34.2 Å². The highest BCUT2D eigenvalue weighted by Crippen LogP contribution is 2.35. The van der Waals surface area contributed by atoms with E-state index in [2.05, 4.69) is 59.8 Å². The smallest absolute Gasteiger partial charge is 0.337 e. The Morgan fingerprint density at radius 1 is 0.955 bits per heavy atom. The number of carbonyl (C=O) groups excluding carboxylic acids is 1. The van der Waals surface area contributed by atoms with E-state index in [9.17, 15) is 9.59 Å². The second-order valence-electron chi connectivity index (χ2n) is 10.4. The number of fused-ring (bicyclic) bond motifs is 2. The quantitative estimate of drug-likeness (QED) is 0.221. The number of nitrogens with zero attached hydrogens (tertiary/aromatic N) is 3. The van der Waals surface area contributed by atoms with E-state index in [0.29, 0.717) is 39.6 Å². The number of thiazole rings is 1. The lowest BCUT2D eigenvalue weighted by Crippen LogP contribution is -2.39. The molecule has 0 amide bonds. The Morgan fingerprint density at radius 3 is 2.45 bits per heavy atom. The average molecular weight is 608 g/mol. The summed E-state index contributed by atoms with van der Waals surface area (Å²) in [6, 6.07) is 21.5. The van der Waals surface area contributed by atoms with Gasteiger partial charge in [0.05, 0.1) is 36.5 Å². The highest BCUT2D eigenvalue weighted by Gasteiger charge is 2.31. The third-order valence-electron chi connectivity index (χ3n) is 7.76. The highest BCUT2D eigenvalue weighted by atomic mass is 32.1. The van der Waals surface area contributed by atoms with E-state index in [1.807, 2.05) is 44.2 Å². The van der Waals surface area contributed by atoms with Gasteiger partial charge in [-0.25, -0.2) is 9.79 Å². The first-order valence-electron chi connectivity index (χ1n) is 14.5. The van der Waals surface area contributed by atoms with Crippen LogP contribution in [0.25, 0.3) is 22.5 Å². The molecule has 3 aromatic carbocycles. The van der Waals surface area contributed by atoms with Crippen molar-refractivity contribution in [2.75, 3.05) is 20.3 Å². The fraction of sp³-hybridized carbons (Fsp3) is 0.229. The molecule has 0 N–H and O–H groups in total. The number of hydrogen-bond acceptors (Lipinski definition) is 7. The van der Waals surface area contributed by atoms with Crippen molar-refractivity contribution in [1.29, 1.82) is 0 Å². The number of hydrogen-bond donors (Lipinski definition) is 0. The van der Waals surface area contributed by atoms with E-state index in [4.69, 9.17) is 14.2 Å². The lowest BCUT2D eigenvalue weighted by atomic mass is 9.97. The summed E-state index contributed by atoms with van der Waals surface area (Å²) in [7, 11) is 1.32. The first-order chi connectivity index (χ1) is 21.3. The van der Waals surface area contributed by atoms with Crippen LogP contribution >= 0.6 is 11.3 Å². The van der Waals surface area contributed by atoms with E-state index >= 15 is 0 Å². The number of aromatic nitrogens is 2. The number of aryl methyl sites for hydroxylation is 1. The van der Waals surface area contributed by atoms with E-state index in [0.717, 1.165) is 28.0 Å². The van der Waals surface area contributed by atoms with Crippen molar-refractivity contribution in [3.05, 3.63) is 121 Å².